The molecule has 1 aliphatic rings. The first kappa shape index (κ1) is 22.4. The van der Waals surface area contributed by atoms with Crippen molar-refractivity contribution in [3.05, 3.63) is 105 Å². The van der Waals surface area contributed by atoms with Crippen LogP contribution < -0.4 is 9.47 Å². The maximum absolute atomic E-state index is 12.3. The molecule has 9 heteroatoms. The van der Waals surface area contributed by atoms with Crippen molar-refractivity contribution in [2.45, 2.75) is 6.92 Å². The summed E-state index contributed by atoms with van der Waals surface area (Å²) < 4.78 is 16.0. The molecule has 0 unspecified atom stereocenters. The lowest BCUT2D eigenvalue weighted by molar-refractivity contribution is -0.385. The molecular weight excluding hydrogens is 440 g/mol. The zero-order valence-corrected chi connectivity index (χ0v) is 18.2. The van der Waals surface area contributed by atoms with Crippen molar-refractivity contribution in [2.24, 2.45) is 4.99 Å². The molecular formula is C25H18N2O7. The molecule has 4 rings (SSSR count). The summed E-state index contributed by atoms with van der Waals surface area (Å²) in [5, 5.41) is 11.0. The number of hydrogen-bond donors (Lipinski definition) is 0. The molecule has 0 radical (unpaired) electrons. The molecule has 0 atom stereocenters. The van der Waals surface area contributed by atoms with Gasteiger partial charge in [0.15, 0.2) is 17.2 Å². The van der Waals surface area contributed by atoms with Gasteiger partial charge in [0.1, 0.15) is 0 Å². The van der Waals surface area contributed by atoms with Gasteiger partial charge in [-0.25, -0.2) is 14.6 Å². The Balaban J connectivity index is 1.58. The van der Waals surface area contributed by atoms with Crippen LogP contribution >= 0.6 is 0 Å². The molecule has 0 aromatic heterocycles. The molecule has 0 aliphatic carbocycles. The highest BCUT2D eigenvalue weighted by molar-refractivity contribution is 6.13. The van der Waals surface area contributed by atoms with Gasteiger partial charge in [-0.15, -0.1) is 0 Å². The second-order valence-electron chi connectivity index (χ2n) is 7.26. The standard InChI is InChI=1S/C25H18N2O7/c1-15-12-18(9-10-20(15)27(30)31)23-26-19(25(29)34-23)13-16-8-11-21(22(14-16)32-2)33-24(28)17-6-4-3-5-7-17/h3-14H,1-2H3/b19-13-. The van der Waals surface area contributed by atoms with E-state index in [4.69, 9.17) is 14.2 Å². The third-order valence-corrected chi connectivity index (χ3v) is 4.96. The summed E-state index contributed by atoms with van der Waals surface area (Å²) in [5.41, 5.74) is 1.83. The normalized spacial score (nSPS) is 13.9. The highest BCUT2D eigenvalue weighted by Crippen LogP contribution is 2.31. The summed E-state index contributed by atoms with van der Waals surface area (Å²) in [6.07, 6.45) is 1.50. The molecule has 0 bridgehead atoms. The highest BCUT2D eigenvalue weighted by atomic mass is 16.6. The van der Waals surface area contributed by atoms with E-state index in [0.29, 0.717) is 28.0 Å². The van der Waals surface area contributed by atoms with Crippen molar-refractivity contribution in [3.8, 4) is 11.5 Å². The molecule has 3 aromatic rings. The quantitative estimate of drug-likeness (QED) is 0.176. The van der Waals surface area contributed by atoms with Gasteiger partial charge < -0.3 is 14.2 Å². The van der Waals surface area contributed by atoms with E-state index in [1.54, 1.807) is 55.5 Å². The lowest BCUT2D eigenvalue weighted by Gasteiger charge is -2.10. The van der Waals surface area contributed by atoms with Crippen molar-refractivity contribution in [2.75, 3.05) is 7.11 Å². The predicted octanol–water partition coefficient (Wildman–Crippen LogP) is 4.48. The van der Waals surface area contributed by atoms with E-state index < -0.39 is 16.9 Å². The number of carbonyl (C=O) groups excluding carboxylic acids is 2. The van der Waals surface area contributed by atoms with Crippen LogP contribution in [0.4, 0.5) is 5.69 Å². The number of nitrogens with zero attached hydrogens (tertiary/aromatic N) is 2. The van der Waals surface area contributed by atoms with Crippen molar-refractivity contribution >= 4 is 29.6 Å². The van der Waals surface area contributed by atoms with Crippen molar-refractivity contribution in [1.29, 1.82) is 0 Å². The smallest absolute Gasteiger partial charge is 0.363 e. The number of aryl methyl sites for hydroxylation is 1. The Kier molecular flexibility index (Phi) is 6.18. The van der Waals surface area contributed by atoms with E-state index in [9.17, 15) is 19.7 Å². The number of nitro benzene ring substituents is 1. The molecule has 170 valence electrons. The molecule has 0 saturated carbocycles. The number of ether oxygens (including phenoxy) is 3. The number of nitro groups is 1. The van der Waals surface area contributed by atoms with Crippen molar-refractivity contribution in [1.82, 2.24) is 0 Å². The maximum Gasteiger partial charge on any atom is 0.363 e. The first-order valence-corrected chi connectivity index (χ1v) is 10.1. The molecule has 9 nitrogen and oxygen atoms in total. The molecule has 0 amide bonds. The van der Waals surface area contributed by atoms with Gasteiger partial charge in [0.25, 0.3) is 5.69 Å². The van der Waals surface area contributed by atoms with Gasteiger partial charge >= 0.3 is 11.9 Å². The van der Waals surface area contributed by atoms with Crippen LogP contribution in [0, 0.1) is 17.0 Å². The fourth-order valence-corrected chi connectivity index (χ4v) is 3.28. The number of benzene rings is 3. The second-order valence-corrected chi connectivity index (χ2v) is 7.26. The average molecular weight is 458 g/mol. The van der Waals surface area contributed by atoms with Crippen LogP contribution in [-0.4, -0.2) is 29.9 Å². The molecule has 34 heavy (non-hydrogen) atoms. The molecule has 0 spiro atoms. The van der Waals surface area contributed by atoms with Crippen molar-refractivity contribution in [3.63, 3.8) is 0 Å². The van der Waals surface area contributed by atoms with Crippen LogP contribution in [0.2, 0.25) is 0 Å². The highest BCUT2D eigenvalue weighted by Gasteiger charge is 2.25. The summed E-state index contributed by atoms with van der Waals surface area (Å²) in [5.74, 6) is -0.630. The minimum absolute atomic E-state index is 0.0374. The zero-order chi connectivity index (χ0) is 24.2. The third kappa shape index (κ3) is 4.68. The number of aliphatic imine (C=N–C) groups is 1. The monoisotopic (exact) mass is 458 g/mol. The first-order chi connectivity index (χ1) is 16.4. The second kappa shape index (κ2) is 9.37. The molecule has 0 N–H and O–H groups in total. The number of methoxy groups -OCH3 is 1. The predicted molar refractivity (Wildman–Crippen MR) is 123 cm³/mol. The van der Waals surface area contributed by atoms with E-state index in [-0.39, 0.29) is 23.0 Å². The summed E-state index contributed by atoms with van der Waals surface area (Å²) in [6.45, 7) is 1.59. The van der Waals surface area contributed by atoms with Crippen LogP contribution in [0.3, 0.4) is 0 Å². The molecule has 1 aliphatic heterocycles. The van der Waals surface area contributed by atoms with Gasteiger partial charge in [0.2, 0.25) is 5.90 Å². The molecule has 0 fully saturated rings. The van der Waals surface area contributed by atoms with Crippen LogP contribution in [0.15, 0.2) is 77.4 Å². The van der Waals surface area contributed by atoms with Crippen molar-refractivity contribution < 1.29 is 28.7 Å². The van der Waals surface area contributed by atoms with Crippen LogP contribution in [0.25, 0.3) is 6.08 Å². The fraction of sp³-hybridized carbons (Fsp3) is 0.0800. The summed E-state index contributed by atoms with van der Waals surface area (Å²) in [6, 6.07) is 17.7. The first-order valence-electron chi connectivity index (χ1n) is 10.1. The van der Waals surface area contributed by atoms with Crippen LogP contribution in [0.5, 0.6) is 11.5 Å². The minimum atomic E-state index is -0.662. The van der Waals surface area contributed by atoms with Crippen LogP contribution in [-0.2, 0) is 9.53 Å². The SMILES string of the molecule is COc1cc(/C=C2\N=C(c3ccc([N+](=O)[O-])c(C)c3)OC2=O)ccc1OC(=O)c1ccccc1. The number of esters is 2. The number of cyclic esters (lactones) is 1. The Labute approximate surface area is 194 Å². The summed E-state index contributed by atoms with van der Waals surface area (Å²) in [4.78, 5) is 39.4. The Morgan fingerprint density at radius 1 is 1.06 bits per heavy atom. The van der Waals surface area contributed by atoms with Gasteiger partial charge in [0, 0.05) is 17.2 Å². The summed E-state index contributed by atoms with van der Waals surface area (Å²) in [7, 11) is 1.43. The van der Waals surface area contributed by atoms with Crippen LogP contribution in [0.1, 0.15) is 27.0 Å². The largest absolute Gasteiger partial charge is 0.493 e. The van der Waals surface area contributed by atoms with Gasteiger partial charge in [-0.05, 0) is 55.0 Å². The van der Waals surface area contributed by atoms with Gasteiger partial charge in [0.05, 0.1) is 17.6 Å². The topological polar surface area (TPSA) is 117 Å². The van der Waals surface area contributed by atoms with Gasteiger partial charge in [-0.3, -0.25) is 10.1 Å². The minimum Gasteiger partial charge on any atom is -0.493 e. The van der Waals surface area contributed by atoms with E-state index in [1.807, 2.05) is 0 Å². The molecule has 0 saturated heterocycles. The van der Waals surface area contributed by atoms with E-state index in [2.05, 4.69) is 4.99 Å². The summed E-state index contributed by atoms with van der Waals surface area (Å²) >= 11 is 0. The fourth-order valence-electron chi connectivity index (χ4n) is 3.28. The zero-order valence-electron chi connectivity index (χ0n) is 18.2. The average Bonchev–Trinajstić information content (AvgIpc) is 3.20. The Morgan fingerprint density at radius 3 is 2.50 bits per heavy atom. The Bertz CT molecular complexity index is 1360. The maximum atomic E-state index is 12.3. The number of rotatable bonds is 6. The van der Waals surface area contributed by atoms with Gasteiger partial charge in [-0.1, -0.05) is 24.3 Å². The number of hydrogen-bond acceptors (Lipinski definition) is 8. The van der Waals surface area contributed by atoms with E-state index >= 15 is 0 Å². The van der Waals surface area contributed by atoms with Gasteiger partial charge in [-0.2, -0.15) is 0 Å². The van der Waals surface area contributed by atoms with E-state index in [0.717, 1.165) is 0 Å². The Hall–Kier alpha value is -4.79. The third-order valence-electron chi connectivity index (χ3n) is 4.96. The van der Waals surface area contributed by atoms with E-state index in [1.165, 1.54) is 31.4 Å². The Morgan fingerprint density at radius 2 is 1.82 bits per heavy atom. The molecule has 3 aromatic carbocycles. The lowest BCUT2D eigenvalue weighted by atomic mass is 10.1. The lowest BCUT2D eigenvalue weighted by Crippen LogP contribution is -2.09. The number of carbonyl (C=O) groups is 2. The molecule has 1 heterocycles.